The quantitative estimate of drug-likeness (QED) is 0.865. The number of rotatable bonds is 4. The lowest BCUT2D eigenvalue weighted by Gasteiger charge is -2.47. The van der Waals surface area contributed by atoms with Gasteiger partial charge in [0, 0.05) is 19.6 Å². The summed E-state index contributed by atoms with van der Waals surface area (Å²) in [7, 11) is 1.76. The van der Waals surface area contributed by atoms with Gasteiger partial charge in [0.05, 0.1) is 6.10 Å². The van der Waals surface area contributed by atoms with Crippen LogP contribution in [0.15, 0.2) is 49.0 Å². The van der Waals surface area contributed by atoms with Crippen LogP contribution in [0.5, 0.6) is 0 Å². The van der Waals surface area contributed by atoms with Gasteiger partial charge < -0.3 is 9.84 Å². The third-order valence-corrected chi connectivity index (χ3v) is 5.81. The molecule has 1 N–H and O–H groups in total. The molecule has 0 radical (unpaired) electrons. The van der Waals surface area contributed by atoms with Crippen LogP contribution < -0.4 is 0 Å². The summed E-state index contributed by atoms with van der Waals surface area (Å²) in [6.07, 6.45) is 2.18. The highest BCUT2D eigenvalue weighted by Crippen LogP contribution is 2.47. The molecule has 1 aliphatic carbocycles. The molecule has 3 rings (SSSR count). The van der Waals surface area contributed by atoms with Crippen LogP contribution in [0.3, 0.4) is 0 Å². The van der Waals surface area contributed by atoms with E-state index in [0.717, 1.165) is 18.4 Å². The summed E-state index contributed by atoms with van der Waals surface area (Å²) < 4.78 is 5.80. The molecule has 2 aromatic rings. The average Bonchev–Trinajstić information content (AvgIpc) is 2.59. The van der Waals surface area contributed by atoms with Gasteiger partial charge in [-0.1, -0.05) is 56.8 Å². The number of fused-ring (bicyclic) bond motifs is 1. The maximum atomic E-state index is 10.0. The van der Waals surface area contributed by atoms with Crippen molar-refractivity contribution in [3.8, 4) is 0 Å². The van der Waals surface area contributed by atoms with Gasteiger partial charge in [0.25, 0.3) is 0 Å². The van der Waals surface area contributed by atoms with Crippen molar-refractivity contribution < 1.29 is 9.84 Å². The van der Waals surface area contributed by atoms with E-state index in [2.05, 4.69) is 62.9 Å². The topological polar surface area (TPSA) is 29.5 Å². The minimum atomic E-state index is 0.0541. The van der Waals surface area contributed by atoms with Crippen LogP contribution >= 0.6 is 0 Å². The number of methoxy groups -OCH3 is 1. The zero-order valence-electron chi connectivity index (χ0n) is 15.0. The summed E-state index contributed by atoms with van der Waals surface area (Å²) in [6.45, 7) is 9.01. The molecule has 0 spiro atoms. The largest absolute Gasteiger partial charge is 0.396 e. The fourth-order valence-electron chi connectivity index (χ4n) is 4.43. The summed E-state index contributed by atoms with van der Waals surface area (Å²) in [6, 6.07) is 14.9. The predicted molar refractivity (Wildman–Crippen MR) is 101 cm³/mol. The highest BCUT2D eigenvalue weighted by molar-refractivity contribution is 5.86. The van der Waals surface area contributed by atoms with Crippen molar-refractivity contribution in [2.45, 2.75) is 32.8 Å². The van der Waals surface area contributed by atoms with Crippen molar-refractivity contribution in [2.75, 3.05) is 13.7 Å². The van der Waals surface area contributed by atoms with Gasteiger partial charge in [0.1, 0.15) is 0 Å². The number of aliphatic hydroxyl groups is 1. The van der Waals surface area contributed by atoms with E-state index in [4.69, 9.17) is 4.74 Å². The Bertz CT molecular complexity index is 732. The normalized spacial score (nSPS) is 26.4. The second-order valence-electron chi connectivity index (χ2n) is 7.72. The van der Waals surface area contributed by atoms with Crippen LogP contribution in [0.2, 0.25) is 0 Å². The Morgan fingerprint density at radius 2 is 1.92 bits per heavy atom. The predicted octanol–water partition coefficient (Wildman–Crippen LogP) is 4.91. The summed E-state index contributed by atoms with van der Waals surface area (Å²) in [5.41, 5.74) is 2.38. The molecule has 0 amide bonds. The highest BCUT2D eigenvalue weighted by Gasteiger charge is 2.44. The first-order valence-corrected chi connectivity index (χ1v) is 8.79. The summed E-state index contributed by atoms with van der Waals surface area (Å²) in [5, 5.41) is 12.5. The first-order chi connectivity index (χ1) is 11.5. The van der Waals surface area contributed by atoms with Crippen molar-refractivity contribution in [3.63, 3.8) is 0 Å². The van der Waals surface area contributed by atoms with Gasteiger partial charge in [-0.3, -0.25) is 0 Å². The van der Waals surface area contributed by atoms with Gasteiger partial charge in [0.2, 0.25) is 0 Å². The molecule has 128 valence electrons. The highest BCUT2D eigenvalue weighted by atomic mass is 16.5. The fourth-order valence-corrected chi connectivity index (χ4v) is 4.43. The first kappa shape index (κ1) is 17.2. The van der Waals surface area contributed by atoms with Gasteiger partial charge in [-0.05, 0) is 52.1 Å². The first-order valence-electron chi connectivity index (χ1n) is 8.79. The minimum absolute atomic E-state index is 0.0541. The number of ether oxygens (including phenoxy) is 1. The van der Waals surface area contributed by atoms with E-state index in [1.807, 2.05) is 0 Å². The zero-order valence-corrected chi connectivity index (χ0v) is 15.0. The van der Waals surface area contributed by atoms with Crippen molar-refractivity contribution >= 4 is 16.3 Å². The second-order valence-corrected chi connectivity index (χ2v) is 7.72. The SMILES string of the molecule is C=C(c1ccc2ccccc2c1)C1CCC(C)(C)C(OC)C1CO. The molecule has 0 saturated heterocycles. The molecule has 3 unspecified atom stereocenters. The summed E-state index contributed by atoms with van der Waals surface area (Å²) >= 11 is 0. The van der Waals surface area contributed by atoms with E-state index < -0.39 is 0 Å². The molecule has 0 bridgehead atoms. The smallest absolute Gasteiger partial charge is 0.0678 e. The summed E-state index contributed by atoms with van der Waals surface area (Å²) in [4.78, 5) is 0. The molecule has 1 fully saturated rings. The number of hydrogen-bond acceptors (Lipinski definition) is 2. The van der Waals surface area contributed by atoms with Crippen molar-refractivity contribution in [1.29, 1.82) is 0 Å². The Balaban J connectivity index is 1.92. The van der Waals surface area contributed by atoms with Crippen LogP contribution in [0, 0.1) is 17.3 Å². The molecule has 24 heavy (non-hydrogen) atoms. The Kier molecular flexibility index (Phi) is 4.80. The Labute approximate surface area is 145 Å². The Hall–Kier alpha value is -1.64. The van der Waals surface area contributed by atoms with Crippen LogP contribution in [0.25, 0.3) is 16.3 Å². The van der Waals surface area contributed by atoms with Crippen molar-refractivity contribution in [2.24, 2.45) is 17.3 Å². The monoisotopic (exact) mass is 324 g/mol. The molecule has 1 saturated carbocycles. The maximum absolute atomic E-state index is 10.0. The molecule has 0 aliphatic heterocycles. The number of aliphatic hydroxyl groups excluding tert-OH is 1. The van der Waals surface area contributed by atoms with Crippen LogP contribution in [0.1, 0.15) is 32.3 Å². The second kappa shape index (κ2) is 6.70. The van der Waals surface area contributed by atoms with Gasteiger partial charge in [-0.15, -0.1) is 0 Å². The molecule has 0 aromatic heterocycles. The molecule has 2 heteroatoms. The van der Waals surface area contributed by atoms with Gasteiger partial charge >= 0.3 is 0 Å². The number of benzene rings is 2. The van der Waals surface area contributed by atoms with Gasteiger partial charge in [-0.2, -0.15) is 0 Å². The van der Waals surface area contributed by atoms with E-state index in [-0.39, 0.29) is 30.0 Å². The van der Waals surface area contributed by atoms with E-state index in [0.29, 0.717) is 0 Å². The molecular weight excluding hydrogens is 296 g/mol. The number of allylic oxidation sites excluding steroid dienone is 1. The fraction of sp³-hybridized carbons (Fsp3) is 0.455. The standard InChI is InChI=1S/C22H28O2/c1-15(17-10-9-16-7-5-6-8-18(16)13-17)19-11-12-22(2,3)21(24-4)20(19)14-23/h5-10,13,19-21,23H,1,11-12,14H2,2-4H3. The van der Waals surface area contributed by atoms with Crippen LogP contribution in [0.4, 0.5) is 0 Å². The van der Waals surface area contributed by atoms with Gasteiger partial charge in [0.15, 0.2) is 0 Å². The van der Waals surface area contributed by atoms with E-state index in [1.54, 1.807) is 7.11 Å². The van der Waals surface area contributed by atoms with Crippen molar-refractivity contribution in [3.05, 3.63) is 54.6 Å². The lowest BCUT2D eigenvalue weighted by Crippen LogP contribution is -2.47. The summed E-state index contributed by atoms with van der Waals surface area (Å²) in [5.74, 6) is 0.354. The van der Waals surface area contributed by atoms with E-state index >= 15 is 0 Å². The third kappa shape index (κ3) is 3.01. The minimum Gasteiger partial charge on any atom is -0.396 e. The van der Waals surface area contributed by atoms with Gasteiger partial charge in [-0.25, -0.2) is 0 Å². The maximum Gasteiger partial charge on any atom is 0.0678 e. The van der Waals surface area contributed by atoms with E-state index in [1.165, 1.54) is 16.3 Å². The molecule has 0 heterocycles. The molecule has 2 nitrogen and oxygen atoms in total. The molecule has 2 aromatic carbocycles. The molecular formula is C22H28O2. The Morgan fingerprint density at radius 3 is 2.58 bits per heavy atom. The van der Waals surface area contributed by atoms with Crippen molar-refractivity contribution in [1.82, 2.24) is 0 Å². The third-order valence-electron chi connectivity index (χ3n) is 5.81. The lowest BCUT2D eigenvalue weighted by atomic mass is 9.62. The molecule has 3 atom stereocenters. The van der Waals surface area contributed by atoms with Crippen LogP contribution in [-0.2, 0) is 4.74 Å². The number of hydrogen-bond donors (Lipinski definition) is 1. The average molecular weight is 324 g/mol. The van der Waals surface area contributed by atoms with Crippen LogP contribution in [-0.4, -0.2) is 24.9 Å². The lowest BCUT2D eigenvalue weighted by molar-refractivity contribution is -0.0894. The zero-order chi connectivity index (χ0) is 17.3. The van der Waals surface area contributed by atoms with E-state index in [9.17, 15) is 5.11 Å². The Morgan fingerprint density at radius 1 is 1.21 bits per heavy atom. The molecule has 1 aliphatic rings.